The van der Waals surface area contributed by atoms with Gasteiger partial charge >= 0.3 is 5.97 Å². The zero-order valence-corrected chi connectivity index (χ0v) is 18.9. The normalized spacial score (nSPS) is 15.4. The van der Waals surface area contributed by atoms with E-state index in [9.17, 15) is 28.8 Å². The number of carboxylic acids is 1. The van der Waals surface area contributed by atoms with Gasteiger partial charge in [0.25, 0.3) is 0 Å². The first-order chi connectivity index (χ1) is 14.8. The van der Waals surface area contributed by atoms with Crippen LogP contribution in [0.3, 0.4) is 0 Å². The van der Waals surface area contributed by atoms with Crippen LogP contribution >= 0.6 is 12.6 Å². The van der Waals surface area contributed by atoms with Crippen LogP contribution in [0.1, 0.15) is 39.5 Å². The van der Waals surface area contributed by atoms with Gasteiger partial charge in [0.15, 0.2) is 0 Å². The molecule has 5 unspecified atom stereocenters. The van der Waals surface area contributed by atoms with Gasteiger partial charge in [0.1, 0.15) is 18.1 Å². The fourth-order valence-corrected chi connectivity index (χ4v) is 2.78. The molecule has 0 spiro atoms. The monoisotopic (exact) mass is 476 g/mol. The molecule has 13 nitrogen and oxygen atoms in total. The maximum Gasteiger partial charge on any atom is 0.326 e. The molecule has 0 fully saturated rings. The van der Waals surface area contributed by atoms with Crippen LogP contribution in [0, 0.1) is 5.92 Å². The summed E-state index contributed by atoms with van der Waals surface area (Å²) in [5, 5.41) is 16.1. The Hall–Kier alpha value is -2.87. The number of aliphatic carboxylic acids is 1. The molecule has 0 rings (SSSR count). The molecule has 0 aliphatic heterocycles. The fourth-order valence-electron chi connectivity index (χ4n) is 2.52. The Morgan fingerprint density at radius 2 is 1.47 bits per heavy atom. The van der Waals surface area contributed by atoms with Crippen LogP contribution in [-0.4, -0.2) is 70.5 Å². The van der Waals surface area contributed by atoms with Crippen molar-refractivity contribution >= 4 is 48.1 Å². The molecule has 0 aromatic rings. The standard InChI is InChI=1S/C18H32N6O7S/c1-3-8(2)14(24-15(27)9(19)4-5-12(20)25)17(29)23-11(7-32)16(28)22-10(18(30)31)6-13(21)26/h8-11,14,32H,3-7,19H2,1-2H3,(H2,20,25)(H2,21,26)(H,22,28)(H,23,29)(H,24,27)(H,30,31). The number of nitrogens with two attached hydrogens (primary N) is 3. The first kappa shape index (κ1) is 29.1. The van der Waals surface area contributed by atoms with E-state index in [0.717, 1.165) is 0 Å². The highest BCUT2D eigenvalue weighted by atomic mass is 32.1. The molecule has 0 bridgehead atoms. The van der Waals surface area contributed by atoms with E-state index in [2.05, 4.69) is 28.6 Å². The first-order valence-corrected chi connectivity index (χ1v) is 10.5. The third-order valence-corrected chi connectivity index (χ3v) is 5.03. The Morgan fingerprint density at radius 1 is 0.906 bits per heavy atom. The second-order valence-electron chi connectivity index (χ2n) is 7.30. The lowest BCUT2D eigenvalue weighted by Gasteiger charge is -2.27. The van der Waals surface area contributed by atoms with E-state index in [1.165, 1.54) is 0 Å². The largest absolute Gasteiger partial charge is 0.480 e. The van der Waals surface area contributed by atoms with E-state index >= 15 is 0 Å². The molecule has 5 atom stereocenters. The third-order valence-electron chi connectivity index (χ3n) is 4.67. The fraction of sp³-hybridized carbons (Fsp3) is 0.667. The summed E-state index contributed by atoms with van der Waals surface area (Å²) >= 11 is 4.00. The summed E-state index contributed by atoms with van der Waals surface area (Å²) in [6.07, 6.45) is -0.254. The Balaban J connectivity index is 5.29. The Bertz CT molecular complexity index is 720. The topological polar surface area (TPSA) is 237 Å². The van der Waals surface area contributed by atoms with Crippen LogP contribution in [0.15, 0.2) is 0 Å². The van der Waals surface area contributed by atoms with E-state index in [-0.39, 0.29) is 24.5 Å². The van der Waals surface area contributed by atoms with Crippen molar-refractivity contribution in [2.75, 3.05) is 5.75 Å². The van der Waals surface area contributed by atoms with E-state index < -0.39 is 66.1 Å². The van der Waals surface area contributed by atoms with Crippen LogP contribution in [0.4, 0.5) is 0 Å². The molecule has 0 saturated heterocycles. The number of hydrogen-bond donors (Lipinski definition) is 8. The molecular formula is C18H32N6O7S. The predicted molar refractivity (Wildman–Crippen MR) is 117 cm³/mol. The number of primary amides is 2. The number of carbonyl (C=O) groups is 6. The van der Waals surface area contributed by atoms with Crippen LogP contribution < -0.4 is 33.2 Å². The smallest absolute Gasteiger partial charge is 0.326 e. The average Bonchev–Trinajstić information content (AvgIpc) is 2.71. The third kappa shape index (κ3) is 10.4. The highest BCUT2D eigenvalue weighted by Crippen LogP contribution is 2.10. The zero-order chi connectivity index (χ0) is 25.0. The molecule has 182 valence electrons. The highest BCUT2D eigenvalue weighted by molar-refractivity contribution is 7.80. The minimum atomic E-state index is -1.58. The van der Waals surface area contributed by atoms with Crippen molar-refractivity contribution in [2.24, 2.45) is 23.1 Å². The van der Waals surface area contributed by atoms with E-state index in [1.807, 2.05) is 0 Å². The lowest BCUT2D eigenvalue weighted by Crippen LogP contribution is -2.59. The number of carboxylic acid groups (broad SMARTS) is 1. The lowest BCUT2D eigenvalue weighted by atomic mass is 9.97. The number of carbonyl (C=O) groups excluding carboxylic acids is 5. The number of thiol groups is 1. The van der Waals surface area contributed by atoms with E-state index in [1.54, 1.807) is 13.8 Å². The Kier molecular flexibility index (Phi) is 13.0. The first-order valence-electron chi connectivity index (χ1n) is 9.90. The number of hydrogen-bond acceptors (Lipinski definition) is 8. The average molecular weight is 477 g/mol. The summed E-state index contributed by atoms with van der Waals surface area (Å²) in [6, 6.07) is -4.97. The summed E-state index contributed by atoms with van der Waals surface area (Å²) in [4.78, 5) is 70.6. The molecule has 14 heteroatoms. The number of rotatable bonds is 15. The van der Waals surface area contributed by atoms with Crippen molar-refractivity contribution in [3.05, 3.63) is 0 Å². The maximum atomic E-state index is 12.8. The van der Waals surface area contributed by atoms with Crippen LogP contribution in [0.2, 0.25) is 0 Å². The lowest BCUT2D eigenvalue weighted by molar-refractivity contribution is -0.143. The minimum absolute atomic E-state index is 0.00583. The van der Waals surface area contributed by atoms with Crippen molar-refractivity contribution in [3.63, 3.8) is 0 Å². The van der Waals surface area contributed by atoms with Gasteiger partial charge in [0.2, 0.25) is 29.5 Å². The van der Waals surface area contributed by atoms with Gasteiger partial charge in [0, 0.05) is 12.2 Å². The summed E-state index contributed by atoms with van der Waals surface area (Å²) in [5.41, 5.74) is 15.8. The van der Waals surface area contributed by atoms with Crippen molar-refractivity contribution < 1.29 is 33.9 Å². The van der Waals surface area contributed by atoms with Gasteiger partial charge in [-0.2, -0.15) is 12.6 Å². The summed E-state index contributed by atoms with van der Waals surface area (Å²) < 4.78 is 0. The molecule has 10 N–H and O–H groups in total. The second-order valence-corrected chi connectivity index (χ2v) is 7.66. The molecular weight excluding hydrogens is 444 g/mol. The van der Waals surface area contributed by atoms with Gasteiger partial charge in [-0.3, -0.25) is 24.0 Å². The summed E-state index contributed by atoms with van der Waals surface area (Å²) in [6.45, 7) is 3.48. The molecule has 0 radical (unpaired) electrons. The van der Waals surface area contributed by atoms with Gasteiger partial charge < -0.3 is 38.3 Å². The molecule has 0 aliphatic rings. The van der Waals surface area contributed by atoms with Crippen LogP contribution in [0.5, 0.6) is 0 Å². The predicted octanol–water partition coefficient (Wildman–Crippen LogP) is -3.03. The van der Waals surface area contributed by atoms with Gasteiger partial charge in [0.05, 0.1) is 12.5 Å². The van der Waals surface area contributed by atoms with Crippen molar-refractivity contribution in [1.29, 1.82) is 0 Å². The SMILES string of the molecule is CCC(C)C(NC(=O)C(N)CCC(N)=O)C(=O)NC(CS)C(=O)NC(CC(N)=O)C(=O)O. The van der Waals surface area contributed by atoms with E-state index in [0.29, 0.717) is 6.42 Å². The van der Waals surface area contributed by atoms with Gasteiger partial charge in [-0.25, -0.2) is 4.79 Å². The molecule has 0 saturated carbocycles. The Morgan fingerprint density at radius 3 is 1.91 bits per heavy atom. The molecule has 0 aromatic carbocycles. The van der Waals surface area contributed by atoms with Gasteiger partial charge in [-0.1, -0.05) is 20.3 Å². The Labute approximate surface area is 191 Å². The molecule has 5 amide bonds. The van der Waals surface area contributed by atoms with Crippen LogP contribution in [-0.2, 0) is 28.8 Å². The highest BCUT2D eigenvalue weighted by Gasteiger charge is 2.32. The van der Waals surface area contributed by atoms with E-state index in [4.69, 9.17) is 22.3 Å². The van der Waals surface area contributed by atoms with Gasteiger partial charge in [-0.15, -0.1) is 0 Å². The zero-order valence-electron chi connectivity index (χ0n) is 18.0. The molecule has 32 heavy (non-hydrogen) atoms. The van der Waals surface area contributed by atoms with Crippen LogP contribution in [0.25, 0.3) is 0 Å². The maximum absolute atomic E-state index is 12.8. The van der Waals surface area contributed by atoms with Gasteiger partial charge in [-0.05, 0) is 12.3 Å². The summed E-state index contributed by atoms with van der Waals surface area (Å²) in [7, 11) is 0. The van der Waals surface area contributed by atoms with Crippen molar-refractivity contribution in [3.8, 4) is 0 Å². The number of amides is 5. The minimum Gasteiger partial charge on any atom is -0.480 e. The molecule has 0 heterocycles. The number of nitrogens with one attached hydrogen (secondary N) is 3. The second kappa shape index (κ2) is 14.2. The molecule has 0 aromatic heterocycles. The van der Waals surface area contributed by atoms with Crippen molar-refractivity contribution in [1.82, 2.24) is 16.0 Å². The van der Waals surface area contributed by atoms with Crippen molar-refractivity contribution in [2.45, 2.75) is 63.7 Å². The quantitative estimate of drug-likeness (QED) is 0.113. The summed E-state index contributed by atoms with van der Waals surface area (Å²) in [5.74, 6) is -5.87. The molecule has 0 aliphatic carbocycles.